The molecule has 1 N–H and O–H groups in total. The zero-order chi connectivity index (χ0) is 17.0. The third-order valence-corrected chi connectivity index (χ3v) is 2.87. The lowest BCUT2D eigenvalue weighted by Gasteiger charge is -2.04. The first-order valence-corrected chi connectivity index (χ1v) is 6.95. The van der Waals surface area contributed by atoms with E-state index in [1.807, 2.05) is 31.2 Å². The van der Waals surface area contributed by atoms with E-state index in [4.69, 9.17) is 5.26 Å². The van der Waals surface area contributed by atoms with Gasteiger partial charge >= 0.3 is 5.97 Å². The maximum absolute atomic E-state index is 11.4. The standard InChI is InChI=1S/C18H23NO3/c1-5-16(18(21)22-4)13-14(2)9-7-6-8-10-15(3)17(20)11-12-19/h5-10,13,17,20H,11H2,1-4H3/b8-6+,9-7+,14-13+,15-10+,16-5+. The lowest BCUT2D eigenvalue weighted by Crippen LogP contribution is -2.05. The molecule has 0 rings (SSSR count). The van der Waals surface area contributed by atoms with Crippen molar-refractivity contribution in [3.63, 3.8) is 0 Å². The fraction of sp³-hybridized carbons (Fsp3) is 0.333. The first-order chi connectivity index (χ1) is 10.5. The van der Waals surface area contributed by atoms with Crippen molar-refractivity contribution in [2.45, 2.75) is 33.3 Å². The number of carbonyl (C=O) groups is 1. The van der Waals surface area contributed by atoms with Gasteiger partial charge in [-0.2, -0.15) is 5.26 Å². The molecular weight excluding hydrogens is 278 g/mol. The molecule has 0 aromatic carbocycles. The number of methoxy groups -OCH3 is 1. The number of allylic oxidation sites excluding steroid dienone is 7. The Morgan fingerprint density at radius 2 is 2.00 bits per heavy atom. The van der Waals surface area contributed by atoms with Crippen LogP contribution in [0.25, 0.3) is 0 Å². The molecular formula is C18H23NO3. The summed E-state index contributed by atoms with van der Waals surface area (Å²) in [7, 11) is 1.35. The summed E-state index contributed by atoms with van der Waals surface area (Å²) in [4.78, 5) is 11.4. The Morgan fingerprint density at radius 3 is 2.55 bits per heavy atom. The molecule has 4 nitrogen and oxygen atoms in total. The highest BCUT2D eigenvalue weighted by Crippen LogP contribution is 2.07. The first-order valence-electron chi connectivity index (χ1n) is 6.95. The highest BCUT2D eigenvalue weighted by molar-refractivity contribution is 5.91. The minimum atomic E-state index is -0.724. The molecule has 22 heavy (non-hydrogen) atoms. The minimum absolute atomic E-state index is 0.0908. The molecule has 0 spiro atoms. The van der Waals surface area contributed by atoms with Gasteiger partial charge in [0.15, 0.2) is 0 Å². The topological polar surface area (TPSA) is 70.3 Å². The number of ether oxygens (including phenoxy) is 1. The number of esters is 1. The molecule has 1 unspecified atom stereocenters. The lowest BCUT2D eigenvalue weighted by molar-refractivity contribution is -0.135. The largest absolute Gasteiger partial charge is 0.465 e. The Bertz CT molecular complexity index is 557. The molecule has 0 aliphatic carbocycles. The van der Waals surface area contributed by atoms with Crippen LogP contribution < -0.4 is 0 Å². The summed E-state index contributed by atoms with van der Waals surface area (Å²) in [6.07, 6.45) is 11.9. The van der Waals surface area contributed by atoms with E-state index in [1.165, 1.54) is 7.11 Å². The van der Waals surface area contributed by atoms with Gasteiger partial charge in [-0.1, -0.05) is 42.0 Å². The number of nitriles is 1. The van der Waals surface area contributed by atoms with Crippen LogP contribution >= 0.6 is 0 Å². The van der Waals surface area contributed by atoms with E-state index in [0.29, 0.717) is 5.57 Å². The van der Waals surface area contributed by atoms with Gasteiger partial charge in [0.25, 0.3) is 0 Å². The quantitative estimate of drug-likeness (QED) is 0.444. The van der Waals surface area contributed by atoms with Gasteiger partial charge in [0.1, 0.15) is 0 Å². The van der Waals surface area contributed by atoms with Crippen molar-refractivity contribution >= 4 is 5.97 Å². The maximum atomic E-state index is 11.4. The van der Waals surface area contributed by atoms with E-state index in [0.717, 1.165) is 11.1 Å². The van der Waals surface area contributed by atoms with Crippen molar-refractivity contribution in [2.75, 3.05) is 7.11 Å². The number of rotatable bonds is 7. The van der Waals surface area contributed by atoms with E-state index in [9.17, 15) is 9.90 Å². The van der Waals surface area contributed by atoms with Gasteiger partial charge in [-0.15, -0.1) is 0 Å². The predicted molar refractivity (Wildman–Crippen MR) is 87.8 cm³/mol. The Labute approximate surface area is 132 Å². The number of hydrogen-bond acceptors (Lipinski definition) is 4. The van der Waals surface area contributed by atoms with E-state index in [-0.39, 0.29) is 12.4 Å². The third-order valence-electron chi connectivity index (χ3n) is 2.87. The second-order valence-electron chi connectivity index (χ2n) is 4.66. The summed E-state index contributed by atoms with van der Waals surface area (Å²) < 4.78 is 4.67. The van der Waals surface area contributed by atoms with Gasteiger partial charge in [0, 0.05) is 0 Å². The first kappa shape index (κ1) is 19.6. The van der Waals surface area contributed by atoms with Crippen molar-refractivity contribution in [3.05, 3.63) is 59.3 Å². The average Bonchev–Trinajstić information content (AvgIpc) is 2.51. The smallest absolute Gasteiger partial charge is 0.337 e. The van der Waals surface area contributed by atoms with Crippen LogP contribution in [0, 0.1) is 11.3 Å². The molecule has 0 amide bonds. The molecule has 118 valence electrons. The average molecular weight is 301 g/mol. The van der Waals surface area contributed by atoms with Gasteiger partial charge in [-0.3, -0.25) is 0 Å². The maximum Gasteiger partial charge on any atom is 0.337 e. The zero-order valence-electron chi connectivity index (χ0n) is 13.5. The summed E-state index contributed by atoms with van der Waals surface area (Å²) in [6, 6.07) is 1.92. The molecule has 0 saturated heterocycles. The highest BCUT2D eigenvalue weighted by atomic mass is 16.5. The van der Waals surface area contributed by atoms with Crippen LogP contribution in [0.3, 0.4) is 0 Å². The predicted octanol–water partition coefficient (Wildman–Crippen LogP) is 3.39. The number of carbonyl (C=O) groups excluding carboxylic acids is 1. The van der Waals surface area contributed by atoms with Crippen molar-refractivity contribution in [2.24, 2.45) is 0 Å². The van der Waals surface area contributed by atoms with Gasteiger partial charge < -0.3 is 9.84 Å². The Balaban J connectivity index is 4.67. The number of hydrogen-bond donors (Lipinski definition) is 1. The minimum Gasteiger partial charge on any atom is -0.465 e. The van der Waals surface area contributed by atoms with E-state index < -0.39 is 6.10 Å². The van der Waals surface area contributed by atoms with Crippen molar-refractivity contribution < 1.29 is 14.6 Å². The van der Waals surface area contributed by atoms with E-state index in [2.05, 4.69) is 4.74 Å². The highest BCUT2D eigenvalue weighted by Gasteiger charge is 2.04. The summed E-state index contributed by atoms with van der Waals surface area (Å²) >= 11 is 0. The Hall–Kier alpha value is -2.38. The van der Waals surface area contributed by atoms with E-state index in [1.54, 1.807) is 38.2 Å². The number of aliphatic hydroxyl groups excluding tert-OH is 1. The van der Waals surface area contributed by atoms with Crippen LogP contribution in [-0.4, -0.2) is 24.3 Å². The SMILES string of the molecule is C\C=C(/C=C(C)/C=C/C=C/C=C(\C)C(O)CC#N)C(=O)OC. The summed E-state index contributed by atoms with van der Waals surface area (Å²) in [5.41, 5.74) is 2.15. The lowest BCUT2D eigenvalue weighted by atomic mass is 10.1. The van der Waals surface area contributed by atoms with Crippen LogP contribution in [0.1, 0.15) is 27.2 Å². The van der Waals surface area contributed by atoms with Crippen LogP contribution in [-0.2, 0) is 9.53 Å². The monoisotopic (exact) mass is 301 g/mol. The van der Waals surface area contributed by atoms with E-state index >= 15 is 0 Å². The normalized spacial score (nSPS) is 15.2. The van der Waals surface area contributed by atoms with Crippen LogP contribution in [0.15, 0.2) is 59.3 Å². The molecule has 0 aliphatic rings. The second-order valence-corrected chi connectivity index (χ2v) is 4.66. The van der Waals surface area contributed by atoms with Gasteiger partial charge in [-0.05, 0) is 32.4 Å². The second kappa shape index (κ2) is 11.3. The Morgan fingerprint density at radius 1 is 1.32 bits per heavy atom. The summed E-state index contributed by atoms with van der Waals surface area (Å²) in [5, 5.41) is 18.1. The fourth-order valence-electron chi connectivity index (χ4n) is 1.51. The molecule has 0 saturated carbocycles. The van der Waals surface area contributed by atoms with Crippen molar-refractivity contribution in [3.8, 4) is 6.07 Å². The molecule has 0 aromatic heterocycles. The van der Waals surface area contributed by atoms with Gasteiger partial charge in [-0.25, -0.2) is 4.79 Å². The zero-order valence-corrected chi connectivity index (χ0v) is 13.5. The number of aliphatic hydroxyl groups is 1. The summed E-state index contributed by atoms with van der Waals surface area (Å²) in [6.45, 7) is 5.43. The molecule has 0 aromatic rings. The van der Waals surface area contributed by atoms with Crippen LogP contribution in [0.5, 0.6) is 0 Å². The molecule has 0 fully saturated rings. The van der Waals surface area contributed by atoms with Crippen LogP contribution in [0.2, 0.25) is 0 Å². The van der Waals surface area contributed by atoms with Crippen molar-refractivity contribution in [1.29, 1.82) is 5.26 Å². The molecule has 0 bridgehead atoms. The van der Waals surface area contributed by atoms with Crippen molar-refractivity contribution in [1.82, 2.24) is 0 Å². The Kier molecular flexibility index (Phi) is 10.1. The van der Waals surface area contributed by atoms with Gasteiger partial charge in [0.05, 0.1) is 31.3 Å². The molecule has 4 heteroatoms. The molecule has 0 heterocycles. The molecule has 0 radical (unpaired) electrons. The third kappa shape index (κ3) is 8.03. The van der Waals surface area contributed by atoms with Crippen LogP contribution in [0.4, 0.5) is 0 Å². The summed E-state index contributed by atoms with van der Waals surface area (Å²) in [5.74, 6) is -0.365. The number of nitrogens with zero attached hydrogens (tertiary/aromatic N) is 1. The molecule has 0 aliphatic heterocycles. The fourth-order valence-corrected chi connectivity index (χ4v) is 1.51. The van der Waals surface area contributed by atoms with Gasteiger partial charge in [0.2, 0.25) is 0 Å². The molecule has 1 atom stereocenters.